The van der Waals surface area contributed by atoms with E-state index in [0.717, 1.165) is 24.4 Å². The molecule has 0 bridgehead atoms. The highest BCUT2D eigenvalue weighted by Gasteiger charge is 2.21. The van der Waals surface area contributed by atoms with E-state index in [9.17, 15) is 0 Å². The van der Waals surface area contributed by atoms with E-state index in [1.54, 1.807) is 0 Å². The fourth-order valence-corrected chi connectivity index (χ4v) is 4.74. The monoisotopic (exact) mass is 352 g/mol. The van der Waals surface area contributed by atoms with Crippen molar-refractivity contribution in [1.29, 1.82) is 0 Å². The molecule has 1 heteroatoms. The normalized spacial score (nSPS) is 15.2. The van der Waals surface area contributed by atoms with Crippen LogP contribution in [0.3, 0.4) is 0 Å². The lowest BCUT2D eigenvalue weighted by atomic mass is 9.96. The highest BCUT2D eigenvalue weighted by atomic mass is 16.3. The maximum Gasteiger partial charge on any atom is 0.108 e. The van der Waals surface area contributed by atoms with Gasteiger partial charge in [0.25, 0.3) is 0 Å². The molecule has 1 nitrogen and oxygen atoms in total. The molecule has 0 fully saturated rings. The Kier molecular flexibility index (Phi) is 3.55. The van der Waals surface area contributed by atoms with Crippen LogP contribution in [0.5, 0.6) is 0 Å². The molecule has 0 atom stereocenters. The molecule has 5 rings (SSSR count). The zero-order valence-electron chi connectivity index (χ0n) is 16.4. The van der Waals surface area contributed by atoms with Crippen LogP contribution in [0.1, 0.15) is 48.5 Å². The second-order valence-electron chi connectivity index (χ2n) is 8.08. The topological polar surface area (TPSA) is 13.1 Å². The first-order valence-electron chi connectivity index (χ1n) is 9.70. The van der Waals surface area contributed by atoms with Gasteiger partial charge >= 0.3 is 0 Å². The standard InChI is InChI=1S/C26H24O/c1-15-9-16(2)25(10-15)19-5-7-23-21(12-19)14-22-13-20(6-8-24(22)23)26-11-17(3)27-18(26)4/h5-9,11-13H,10,14H2,1-4H3. The van der Waals surface area contributed by atoms with E-state index in [0.29, 0.717) is 0 Å². The quantitative estimate of drug-likeness (QED) is 0.370. The number of hydrogen-bond acceptors (Lipinski definition) is 1. The van der Waals surface area contributed by atoms with E-state index in [-0.39, 0.29) is 0 Å². The molecule has 0 N–H and O–H groups in total. The molecule has 2 aromatic carbocycles. The number of aryl methyl sites for hydroxylation is 2. The smallest absolute Gasteiger partial charge is 0.108 e. The molecule has 0 aliphatic heterocycles. The van der Waals surface area contributed by atoms with E-state index in [1.807, 2.05) is 13.8 Å². The molecule has 0 amide bonds. The van der Waals surface area contributed by atoms with Gasteiger partial charge in [-0.05, 0) is 91.1 Å². The Labute approximate surface area is 161 Å². The van der Waals surface area contributed by atoms with Crippen molar-refractivity contribution in [2.45, 2.75) is 40.5 Å². The minimum Gasteiger partial charge on any atom is -0.466 e. The molecule has 1 heterocycles. The summed E-state index contributed by atoms with van der Waals surface area (Å²) in [7, 11) is 0. The molecule has 0 radical (unpaired) electrons. The SMILES string of the molecule is CC1=CC(C)=C(c2ccc3c(c2)Cc2cc(-c4cc(C)oc4C)ccc2-3)C1. The summed E-state index contributed by atoms with van der Waals surface area (Å²) in [6.07, 6.45) is 4.42. The largest absolute Gasteiger partial charge is 0.466 e. The molecular formula is C26H24O. The Hall–Kier alpha value is -2.80. The van der Waals surface area contributed by atoms with Gasteiger partial charge in [-0.15, -0.1) is 0 Å². The van der Waals surface area contributed by atoms with Gasteiger partial charge in [0.2, 0.25) is 0 Å². The zero-order chi connectivity index (χ0) is 18.7. The van der Waals surface area contributed by atoms with Gasteiger partial charge in [-0.1, -0.05) is 48.0 Å². The third-order valence-corrected chi connectivity index (χ3v) is 5.98. The second kappa shape index (κ2) is 5.85. The van der Waals surface area contributed by atoms with Crippen molar-refractivity contribution < 1.29 is 4.42 Å². The average molecular weight is 352 g/mol. The first kappa shape index (κ1) is 16.4. The summed E-state index contributed by atoms with van der Waals surface area (Å²) in [5.41, 5.74) is 13.8. The van der Waals surface area contributed by atoms with Crippen LogP contribution in [0, 0.1) is 13.8 Å². The molecule has 0 unspecified atom stereocenters. The maximum absolute atomic E-state index is 5.73. The van der Waals surface area contributed by atoms with E-state index in [1.165, 1.54) is 55.7 Å². The summed E-state index contributed by atoms with van der Waals surface area (Å²) in [5, 5.41) is 0. The lowest BCUT2D eigenvalue weighted by molar-refractivity contribution is 0.505. The minimum atomic E-state index is 0.972. The van der Waals surface area contributed by atoms with Gasteiger partial charge in [0.05, 0.1) is 0 Å². The summed E-state index contributed by atoms with van der Waals surface area (Å²) < 4.78 is 5.73. The van der Waals surface area contributed by atoms with Crippen LogP contribution in [0.15, 0.2) is 64.1 Å². The Morgan fingerprint density at radius 1 is 0.704 bits per heavy atom. The summed E-state index contributed by atoms with van der Waals surface area (Å²) in [4.78, 5) is 0. The van der Waals surface area contributed by atoms with Gasteiger partial charge < -0.3 is 4.42 Å². The van der Waals surface area contributed by atoms with Crippen LogP contribution in [0.25, 0.3) is 27.8 Å². The second-order valence-corrected chi connectivity index (χ2v) is 8.08. The molecular weight excluding hydrogens is 328 g/mol. The minimum absolute atomic E-state index is 0.972. The van der Waals surface area contributed by atoms with Gasteiger partial charge in [0.1, 0.15) is 11.5 Å². The summed E-state index contributed by atoms with van der Waals surface area (Å²) >= 11 is 0. The molecule has 0 spiro atoms. The van der Waals surface area contributed by atoms with Crippen LogP contribution in [0.4, 0.5) is 0 Å². The van der Waals surface area contributed by atoms with E-state index in [2.05, 4.69) is 62.4 Å². The molecule has 27 heavy (non-hydrogen) atoms. The highest BCUT2D eigenvalue weighted by Crippen LogP contribution is 2.42. The van der Waals surface area contributed by atoms with E-state index < -0.39 is 0 Å². The molecule has 134 valence electrons. The Morgan fingerprint density at radius 2 is 1.37 bits per heavy atom. The Morgan fingerprint density at radius 3 is 1.96 bits per heavy atom. The fraction of sp³-hybridized carbons (Fsp3) is 0.231. The van der Waals surface area contributed by atoms with Crippen molar-refractivity contribution in [3.05, 3.63) is 87.9 Å². The summed E-state index contributed by atoms with van der Waals surface area (Å²) in [6, 6.07) is 16.0. The van der Waals surface area contributed by atoms with E-state index in [4.69, 9.17) is 4.42 Å². The summed E-state index contributed by atoms with van der Waals surface area (Å²) in [6.45, 7) is 8.51. The molecule has 2 aliphatic carbocycles. The third-order valence-electron chi connectivity index (χ3n) is 5.98. The van der Waals surface area contributed by atoms with Gasteiger partial charge in [-0.3, -0.25) is 0 Å². The number of furan rings is 1. The summed E-state index contributed by atoms with van der Waals surface area (Å²) in [5.74, 6) is 1.97. The van der Waals surface area contributed by atoms with Crippen molar-refractivity contribution in [2.24, 2.45) is 0 Å². The van der Waals surface area contributed by atoms with Crippen molar-refractivity contribution in [1.82, 2.24) is 0 Å². The van der Waals surface area contributed by atoms with Crippen LogP contribution >= 0.6 is 0 Å². The van der Waals surface area contributed by atoms with E-state index >= 15 is 0 Å². The zero-order valence-corrected chi connectivity index (χ0v) is 16.4. The first-order chi connectivity index (χ1) is 13.0. The molecule has 2 aliphatic rings. The lowest BCUT2D eigenvalue weighted by Gasteiger charge is -2.08. The van der Waals surface area contributed by atoms with Crippen LogP contribution in [-0.4, -0.2) is 0 Å². The molecule has 3 aromatic rings. The molecule has 0 saturated carbocycles. The third kappa shape index (κ3) is 2.61. The Balaban J connectivity index is 1.52. The number of allylic oxidation sites excluding steroid dienone is 4. The molecule has 1 aromatic heterocycles. The van der Waals surface area contributed by atoms with Crippen LogP contribution in [-0.2, 0) is 6.42 Å². The highest BCUT2D eigenvalue weighted by molar-refractivity contribution is 5.84. The Bertz CT molecular complexity index is 1150. The maximum atomic E-state index is 5.73. The van der Waals surface area contributed by atoms with Gasteiger partial charge in [0, 0.05) is 5.56 Å². The predicted octanol–water partition coefficient (Wildman–Crippen LogP) is 7.26. The number of benzene rings is 2. The average Bonchev–Trinajstić information content (AvgIpc) is 3.27. The van der Waals surface area contributed by atoms with Crippen molar-refractivity contribution in [2.75, 3.05) is 0 Å². The first-order valence-corrected chi connectivity index (χ1v) is 9.70. The van der Waals surface area contributed by atoms with Crippen LogP contribution < -0.4 is 0 Å². The van der Waals surface area contributed by atoms with Crippen molar-refractivity contribution >= 4 is 5.57 Å². The lowest BCUT2D eigenvalue weighted by Crippen LogP contribution is -1.88. The van der Waals surface area contributed by atoms with Crippen molar-refractivity contribution in [3.63, 3.8) is 0 Å². The fourth-order valence-electron chi connectivity index (χ4n) is 4.74. The van der Waals surface area contributed by atoms with Crippen LogP contribution in [0.2, 0.25) is 0 Å². The predicted molar refractivity (Wildman–Crippen MR) is 113 cm³/mol. The van der Waals surface area contributed by atoms with Gasteiger partial charge in [-0.25, -0.2) is 0 Å². The molecule has 0 saturated heterocycles. The van der Waals surface area contributed by atoms with Crippen molar-refractivity contribution in [3.8, 4) is 22.3 Å². The number of fused-ring (bicyclic) bond motifs is 3. The van der Waals surface area contributed by atoms with Gasteiger partial charge in [-0.2, -0.15) is 0 Å². The number of hydrogen-bond donors (Lipinski definition) is 0. The van der Waals surface area contributed by atoms with Gasteiger partial charge in [0.15, 0.2) is 0 Å². The number of rotatable bonds is 2.